The van der Waals surface area contributed by atoms with Crippen LogP contribution in [0.3, 0.4) is 0 Å². The lowest BCUT2D eigenvalue weighted by Gasteiger charge is -2.25. The smallest absolute Gasteiger partial charge is 0.0408 e. The van der Waals surface area contributed by atoms with Gasteiger partial charge in [0, 0.05) is 10.4 Å². The van der Waals surface area contributed by atoms with Crippen LogP contribution in [0.15, 0.2) is 24.3 Å². The van der Waals surface area contributed by atoms with E-state index in [1.54, 1.807) is 0 Å². The highest BCUT2D eigenvalue weighted by atomic mass is 35.5. The molecule has 0 bridgehead atoms. The average Bonchev–Trinajstić information content (AvgIpc) is 2.18. The van der Waals surface area contributed by atoms with Crippen LogP contribution in [0.5, 0.6) is 0 Å². The zero-order valence-corrected chi connectivity index (χ0v) is 9.56. The Morgan fingerprint density at radius 1 is 1.21 bits per heavy atom. The number of rotatable bonds is 1. The SMILES string of the molecule is Clc1cccc(C2CCCC(Cl)C2)c1. The van der Waals surface area contributed by atoms with E-state index in [9.17, 15) is 0 Å². The van der Waals surface area contributed by atoms with Crippen LogP contribution in [0.4, 0.5) is 0 Å². The monoisotopic (exact) mass is 228 g/mol. The van der Waals surface area contributed by atoms with Crippen LogP contribution in [0.1, 0.15) is 37.2 Å². The highest BCUT2D eigenvalue weighted by molar-refractivity contribution is 6.30. The largest absolute Gasteiger partial charge is 0.123 e. The Morgan fingerprint density at radius 2 is 2.07 bits per heavy atom. The van der Waals surface area contributed by atoms with Crippen molar-refractivity contribution in [3.05, 3.63) is 34.9 Å². The lowest BCUT2D eigenvalue weighted by Crippen LogP contribution is -2.13. The van der Waals surface area contributed by atoms with Gasteiger partial charge in [0.2, 0.25) is 0 Å². The van der Waals surface area contributed by atoms with Gasteiger partial charge in [-0.3, -0.25) is 0 Å². The van der Waals surface area contributed by atoms with Crippen molar-refractivity contribution in [3.63, 3.8) is 0 Å². The van der Waals surface area contributed by atoms with Gasteiger partial charge in [0.1, 0.15) is 0 Å². The second kappa shape index (κ2) is 4.55. The molecule has 0 radical (unpaired) electrons. The molecule has 2 heteroatoms. The van der Waals surface area contributed by atoms with E-state index in [0.29, 0.717) is 11.3 Å². The molecule has 0 nitrogen and oxygen atoms in total. The Labute approximate surface area is 95.2 Å². The third kappa shape index (κ3) is 2.43. The van der Waals surface area contributed by atoms with Crippen LogP contribution in [0, 0.1) is 0 Å². The van der Waals surface area contributed by atoms with E-state index in [4.69, 9.17) is 23.2 Å². The summed E-state index contributed by atoms with van der Waals surface area (Å²) < 4.78 is 0. The summed E-state index contributed by atoms with van der Waals surface area (Å²) in [5.41, 5.74) is 1.35. The number of hydrogen-bond acceptors (Lipinski definition) is 0. The number of halogens is 2. The summed E-state index contributed by atoms with van der Waals surface area (Å²) in [6.45, 7) is 0. The Morgan fingerprint density at radius 3 is 2.79 bits per heavy atom. The first-order valence-electron chi connectivity index (χ1n) is 5.15. The number of alkyl halides is 1. The second-order valence-electron chi connectivity index (χ2n) is 4.02. The van der Waals surface area contributed by atoms with Gasteiger partial charge < -0.3 is 0 Å². The van der Waals surface area contributed by atoms with Gasteiger partial charge in [-0.15, -0.1) is 11.6 Å². The molecular formula is C12H14Cl2. The van der Waals surface area contributed by atoms with Crippen molar-refractivity contribution in [2.75, 3.05) is 0 Å². The van der Waals surface area contributed by atoms with Crippen molar-refractivity contribution >= 4 is 23.2 Å². The summed E-state index contributed by atoms with van der Waals surface area (Å²) in [5.74, 6) is 0.616. The minimum atomic E-state index is 0.354. The molecule has 1 aromatic rings. The standard InChI is InChI=1S/C12H14Cl2/c13-11-5-1-3-9(7-11)10-4-2-6-12(14)8-10/h1,3,5,7,10,12H,2,4,6,8H2. The Balaban J connectivity index is 2.14. The van der Waals surface area contributed by atoms with Crippen LogP contribution in [0.25, 0.3) is 0 Å². The minimum Gasteiger partial charge on any atom is -0.123 e. The summed E-state index contributed by atoms with van der Waals surface area (Å²) >= 11 is 12.1. The molecule has 1 aliphatic carbocycles. The Kier molecular flexibility index (Phi) is 3.35. The van der Waals surface area contributed by atoms with Crippen molar-refractivity contribution in [1.29, 1.82) is 0 Å². The van der Waals surface area contributed by atoms with Crippen molar-refractivity contribution in [2.45, 2.75) is 37.0 Å². The fraction of sp³-hybridized carbons (Fsp3) is 0.500. The predicted octanol–water partition coefficient (Wildman–Crippen LogP) is 4.61. The van der Waals surface area contributed by atoms with Gasteiger partial charge in [0.05, 0.1) is 0 Å². The molecule has 1 saturated carbocycles. The van der Waals surface area contributed by atoms with E-state index in [1.807, 2.05) is 12.1 Å². The average molecular weight is 229 g/mol. The summed E-state index contributed by atoms with van der Waals surface area (Å²) in [6.07, 6.45) is 4.76. The van der Waals surface area contributed by atoms with Crippen molar-refractivity contribution < 1.29 is 0 Å². The van der Waals surface area contributed by atoms with E-state index in [-0.39, 0.29) is 0 Å². The molecular weight excluding hydrogens is 215 g/mol. The van der Waals surface area contributed by atoms with Crippen molar-refractivity contribution in [2.24, 2.45) is 0 Å². The van der Waals surface area contributed by atoms with E-state index in [2.05, 4.69) is 12.1 Å². The highest BCUT2D eigenvalue weighted by Gasteiger charge is 2.21. The predicted molar refractivity (Wildman–Crippen MR) is 62.3 cm³/mol. The van der Waals surface area contributed by atoms with E-state index < -0.39 is 0 Å². The van der Waals surface area contributed by atoms with E-state index in [1.165, 1.54) is 24.8 Å². The van der Waals surface area contributed by atoms with Crippen molar-refractivity contribution in [1.82, 2.24) is 0 Å². The Bertz CT molecular complexity index is 309. The number of hydrogen-bond donors (Lipinski definition) is 0. The third-order valence-corrected chi connectivity index (χ3v) is 3.56. The van der Waals surface area contributed by atoms with Gasteiger partial charge in [0.25, 0.3) is 0 Å². The minimum absolute atomic E-state index is 0.354. The van der Waals surface area contributed by atoms with Crippen LogP contribution in [0.2, 0.25) is 5.02 Å². The fourth-order valence-corrected chi connectivity index (χ4v) is 2.76. The maximum Gasteiger partial charge on any atom is 0.0408 e. The Hall–Kier alpha value is -0.200. The first-order valence-corrected chi connectivity index (χ1v) is 5.96. The van der Waals surface area contributed by atoms with Crippen LogP contribution in [-0.2, 0) is 0 Å². The zero-order chi connectivity index (χ0) is 9.97. The lowest BCUT2D eigenvalue weighted by molar-refractivity contribution is 0.449. The third-order valence-electron chi connectivity index (χ3n) is 2.93. The first kappa shape index (κ1) is 10.3. The van der Waals surface area contributed by atoms with Crippen LogP contribution >= 0.6 is 23.2 Å². The zero-order valence-electron chi connectivity index (χ0n) is 8.05. The normalized spacial score (nSPS) is 27.6. The lowest BCUT2D eigenvalue weighted by atomic mass is 9.84. The number of benzene rings is 1. The van der Waals surface area contributed by atoms with Gasteiger partial charge in [-0.2, -0.15) is 0 Å². The molecule has 0 N–H and O–H groups in total. The molecule has 0 spiro atoms. The van der Waals surface area contributed by atoms with Gasteiger partial charge in [0.15, 0.2) is 0 Å². The summed E-state index contributed by atoms with van der Waals surface area (Å²) in [6, 6.07) is 8.17. The maximum atomic E-state index is 6.17. The summed E-state index contributed by atoms with van der Waals surface area (Å²) in [7, 11) is 0. The summed E-state index contributed by atoms with van der Waals surface area (Å²) in [4.78, 5) is 0. The highest BCUT2D eigenvalue weighted by Crippen LogP contribution is 2.35. The fourth-order valence-electron chi connectivity index (χ4n) is 2.19. The van der Waals surface area contributed by atoms with Gasteiger partial charge in [-0.1, -0.05) is 30.2 Å². The second-order valence-corrected chi connectivity index (χ2v) is 5.07. The summed E-state index contributed by atoms with van der Waals surface area (Å²) in [5, 5.41) is 1.19. The molecule has 76 valence electrons. The molecule has 0 saturated heterocycles. The topological polar surface area (TPSA) is 0 Å². The quantitative estimate of drug-likeness (QED) is 0.617. The molecule has 14 heavy (non-hydrogen) atoms. The van der Waals surface area contributed by atoms with Gasteiger partial charge in [-0.25, -0.2) is 0 Å². The molecule has 0 heterocycles. The molecule has 0 aliphatic heterocycles. The molecule has 0 amide bonds. The maximum absolute atomic E-state index is 6.17. The molecule has 1 aromatic carbocycles. The van der Waals surface area contributed by atoms with Crippen LogP contribution < -0.4 is 0 Å². The first-order chi connectivity index (χ1) is 6.75. The van der Waals surface area contributed by atoms with Gasteiger partial charge >= 0.3 is 0 Å². The molecule has 1 fully saturated rings. The molecule has 1 aliphatic rings. The molecule has 0 aromatic heterocycles. The molecule has 2 rings (SSSR count). The van der Waals surface area contributed by atoms with Crippen molar-refractivity contribution in [3.8, 4) is 0 Å². The molecule has 2 unspecified atom stereocenters. The van der Waals surface area contributed by atoms with Crippen LogP contribution in [-0.4, -0.2) is 5.38 Å². The molecule has 2 atom stereocenters. The van der Waals surface area contributed by atoms with E-state index >= 15 is 0 Å². The van der Waals surface area contributed by atoms with Gasteiger partial charge in [-0.05, 0) is 42.9 Å². The van der Waals surface area contributed by atoms with E-state index in [0.717, 1.165) is 11.4 Å².